The fourth-order valence-electron chi connectivity index (χ4n) is 0.700. The van der Waals surface area contributed by atoms with Gasteiger partial charge < -0.3 is 0 Å². The van der Waals surface area contributed by atoms with E-state index in [9.17, 15) is 0 Å². The lowest BCUT2D eigenvalue weighted by atomic mass is 9.96. The van der Waals surface area contributed by atoms with E-state index in [0.29, 0.717) is 0 Å². The van der Waals surface area contributed by atoms with Crippen LogP contribution in [0.3, 0.4) is 0 Å². The Labute approximate surface area is 75.2 Å². The van der Waals surface area contributed by atoms with E-state index in [1.165, 1.54) is 0 Å². The zero-order valence-electron chi connectivity index (χ0n) is 6.93. The summed E-state index contributed by atoms with van der Waals surface area (Å²) < 4.78 is 0.922. The van der Waals surface area contributed by atoms with Gasteiger partial charge in [-0.3, -0.25) is 0 Å². The van der Waals surface area contributed by atoms with Crippen molar-refractivity contribution in [2.24, 2.45) is 0 Å². The Balaban J connectivity index is 2.99. The topological polar surface area (TPSA) is 25.8 Å². The van der Waals surface area contributed by atoms with Gasteiger partial charge in [-0.25, -0.2) is 9.97 Å². The van der Waals surface area contributed by atoms with Crippen LogP contribution in [0.15, 0.2) is 16.9 Å². The van der Waals surface area contributed by atoms with E-state index < -0.39 is 0 Å². The number of rotatable bonds is 0. The normalized spacial score (nSPS) is 11.6. The Kier molecular flexibility index (Phi) is 2.28. The summed E-state index contributed by atoms with van der Waals surface area (Å²) >= 11 is 3.29. The maximum absolute atomic E-state index is 4.19. The number of halogens is 1. The Morgan fingerprint density at radius 1 is 1.18 bits per heavy atom. The third-order valence-corrected chi connectivity index (χ3v) is 1.70. The van der Waals surface area contributed by atoms with E-state index in [0.717, 1.165) is 10.3 Å². The van der Waals surface area contributed by atoms with Crippen molar-refractivity contribution in [3.63, 3.8) is 0 Å². The summed E-state index contributed by atoms with van der Waals surface area (Å²) in [5.41, 5.74) is 0.0424. The van der Waals surface area contributed by atoms with E-state index >= 15 is 0 Å². The smallest absolute Gasteiger partial charge is 0.133 e. The molecular weight excluding hydrogens is 204 g/mol. The minimum Gasteiger partial charge on any atom is -0.240 e. The summed E-state index contributed by atoms with van der Waals surface area (Å²) in [7, 11) is 0. The molecular formula is C8H11BrN2. The molecule has 0 bridgehead atoms. The predicted octanol–water partition coefficient (Wildman–Crippen LogP) is 2.54. The monoisotopic (exact) mass is 214 g/mol. The van der Waals surface area contributed by atoms with E-state index in [4.69, 9.17) is 0 Å². The van der Waals surface area contributed by atoms with Crippen LogP contribution in [0.2, 0.25) is 0 Å². The fraction of sp³-hybridized carbons (Fsp3) is 0.500. The summed E-state index contributed by atoms with van der Waals surface area (Å²) in [6, 6.07) is 0. The van der Waals surface area contributed by atoms with Crippen LogP contribution >= 0.6 is 15.9 Å². The van der Waals surface area contributed by atoms with Gasteiger partial charge in [0.1, 0.15) is 5.82 Å². The van der Waals surface area contributed by atoms with Crippen LogP contribution in [0.1, 0.15) is 26.6 Å². The van der Waals surface area contributed by atoms with Gasteiger partial charge in [0, 0.05) is 17.8 Å². The molecule has 1 heterocycles. The van der Waals surface area contributed by atoms with Crippen LogP contribution in [0, 0.1) is 0 Å². The van der Waals surface area contributed by atoms with E-state index in [2.05, 4.69) is 46.7 Å². The molecule has 0 saturated carbocycles. The number of aromatic nitrogens is 2. The average Bonchev–Trinajstić information content (AvgIpc) is 1.86. The molecule has 0 saturated heterocycles. The van der Waals surface area contributed by atoms with E-state index in [-0.39, 0.29) is 5.41 Å². The maximum atomic E-state index is 4.19. The molecule has 1 aromatic rings. The molecule has 0 aromatic carbocycles. The highest BCUT2D eigenvalue weighted by molar-refractivity contribution is 9.10. The van der Waals surface area contributed by atoms with Gasteiger partial charge in [-0.2, -0.15) is 0 Å². The Bertz CT molecular complexity index is 235. The highest BCUT2D eigenvalue weighted by Crippen LogP contribution is 2.17. The first-order valence-corrected chi connectivity index (χ1v) is 4.27. The predicted molar refractivity (Wildman–Crippen MR) is 48.4 cm³/mol. The zero-order valence-corrected chi connectivity index (χ0v) is 8.51. The molecule has 0 aliphatic rings. The second-order valence-corrected chi connectivity index (χ2v) is 4.39. The third-order valence-electron chi connectivity index (χ3n) is 1.29. The summed E-state index contributed by atoms with van der Waals surface area (Å²) in [6.07, 6.45) is 3.54. The second kappa shape index (κ2) is 2.89. The van der Waals surface area contributed by atoms with Gasteiger partial charge in [-0.15, -0.1) is 0 Å². The van der Waals surface area contributed by atoms with Gasteiger partial charge >= 0.3 is 0 Å². The average molecular weight is 215 g/mol. The first kappa shape index (κ1) is 8.65. The fourth-order valence-corrected chi connectivity index (χ4v) is 0.904. The van der Waals surface area contributed by atoms with Gasteiger partial charge in [-0.05, 0) is 15.9 Å². The van der Waals surface area contributed by atoms with Crippen molar-refractivity contribution >= 4 is 15.9 Å². The minimum absolute atomic E-state index is 0.0424. The van der Waals surface area contributed by atoms with Gasteiger partial charge in [-0.1, -0.05) is 20.8 Å². The number of nitrogens with zero attached hydrogens (tertiary/aromatic N) is 2. The molecule has 60 valence electrons. The Morgan fingerprint density at radius 3 is 2.00 bits per heavy atom. The molecule has 0 aliphatic heterocycles. The molecule has 0 atom stereocenters. The van der Waals surface area contributed by atoms with Crippen molar-refractivity contribution in [1.29, 1.82) is 0 Å². The molecule has 0 spiro atoms. The van der Waals surface area contributed by atoms with Crippen LogP contribution in [-0.2, 0) is 5.41 Å². The molecule has 0 fully saturated rings. The lowest BCUT2D eigenvalue weighted by molar-refractivity contribution is 0.544. The number of hydrogen-bond donors (Lipinski definition) is 0. The molecule has 0 N–H and O–H groups in total. The molecule has 0 unspecified atom stereocenters. The molecule has 1 rings (SSSR count). The van der Waals surface area contributed by atoms with Crippen LogP contribution in [0.25, 0.3) is 0 Å². The standard InChI is InChI=1S/C8H11BrN2/c1-8(2,3)7-10-4-6(9)5-11-7/h4-5H,1-3H3. The lowest BCUT2D eigenvalue weighted by Gasteiger charge is -2.15. The van der Waals surface area contributed by atoms with Crippen LogP contribution in [-0.4, -0.2) is 9.97 Å². The van der Waals surface area contributed by atoms with Crippen LogP contribution < -0.4 is 0 Å². The van der Waals surface area contributed by atoms with E-state index in [1.54, 1.807) is 12.4 Å². The first-order chi connectivity index (χ1) is 5.00. The van der Waals surface area contributed by atoms with Crippen molar-refractivity contribution in [1.82, 2.24) is 9.97 Å². The molecule has 3 heteroatoms. The highest BCUT2D eigenvalue weighted by atomic mass is 79.9. The van der Waals surface area contributed by atoms with Gasteiger partial charge in [0.05, 0.1) is 4.47 Å². The quantitative estimate of drug-likeness (QED) is 0.664. The summed E-state index contributed by atoms with van der Waals surface area (Å²) in [4.78, 5) is 8.38. The van der Waals surface area contributed by atoms with Crippen molar-refractivity contribution < 1.29 is 0 Å². The maximum Gasteiger partial charge on any atom is 0.133 e. The zero-order chi connectivity index (χ0) is 8.48. The van der Waals surface area contributed by atoms with Gasteiger partial charge in [0.25, 0.3) is 0 Å². The van der Waals surface area contributed by atoms with Gasteiger partial charge in [0.15, 0.2) is 0 Å². The third kappa shape index (κ3) is 2.26. The Hall–Kier alpha value is -0.440. The summed E-state index contributed by atoms with van der Waals surface area (Å²) in [6.45, 7) is 6.28. The minimum atomic E-state index is 0.0424. The lowest BCUT2D eigenvalue weighted by Crippen LogP contribution is -2.15. The van der Waals surface area contributed by atoms with Crippen molar-refractivity contribution in [2.45, 2.75) is 26.2 Å². The molecule has 11 heavy (non-hydrogen) atoms. The molecule has 2 nitrogen and oxygen atoms in total. The van der Waals surface area contributed by atoms with Crippen molar-refractivity contribution in [2.75, 3.05) is 0 Å². The molecule has 0 amide bonds. The molecule has 0 aliphatic carbocycles. The van der Waals surface area contributed by atoms with Crippen LogP contribution in [0.5, 0.6) is 0 Å². The highest BCUT2D eigenvalue weighted by Gasteiger charge is 2.15. The van der Waals surface area contributed by atoms with Crippen molar-refractivity contribution in [3.8, 4) is 0 Å². The molecule has 1 aromatic heterocycles. The first-order valence-electron chi connectivity index (χ1n) is 3.48. The summed E-state index contributed by atoms with van der Waals surface area (Å²) in [5.74, 6) is 0.876. The van der Waals surface area contributed by atoms with E-state index in [1.807, 2.05) is 0 Å². The Morgan fingerprint density at radius 2 is 1.64 bits per heavy atom. The molecule has 0 radical (unpaired) electrons. The van der Waals surface area contributed by atoms with Crippen molar-refractivity contribution in [3.05, 3.63) is 22.7 Å². The second-order valence-electron chi connectivity index (χ2n) is 3.47. The SMILES string of the molecule is CC(C)(C)c1ncc(Br)cn1. The largest absolute Gasteiger partial charge is 0.240 e. The number of hydrogen-bond acceptors (Lipinski definition) is 2. The van der Waals surface area contributed by atoms with Crippen LogP contribution in [0.4, 0.5) is 0 Å². The van der Waals surface area contributed by atoms with Gasteiger partial charge in [0.2, 0.25) is 0 Å². The summed E-state index contributed by atoms with van der Waals surface area (Å²) in [5, 5.41) is 0.